The average molecular weight is 493 g/mol. The van der Waals surface area contributed by atoms with Crippen LogP contribution in [0.4, 0.5) is 10.5 Å². The average Bonchev–Trinajstić information content (AvgIpc) is 2.82. The number of carboxylic acids is 1. The lowest BCUT2D eigenvalue weighted by Crippen LogP contribution is -2.54. The monoisotopic (exact) mass is 492 g/mol. The summed E-state index contributed by atoms with van der Waals surface area (Å²) in [6.07, 6.45) is 1.27. The maximum atomic E-state index is 13.1. The smallest absolute Gasteiger partial charge is 0.335 e. The van der Waals surface area contributed by atoms with Crippen molar-refractivity contribution in [3.8, 4) is 11.5 Å². The third-order valence-corrected chi connectivity index (χ3v) is 5.31. The van der Waals surface area contributed by atoms with Gasteiger partial charge in [0.05, 0.1) is 11.3 Å². The van der Waals surface area contributed by atoms with Crippen LogP contribution in [0.25, 0.3) is 6.08 Å². The van der Waals surface area contributed by atoms with Crippen LogP contribution >= 0.6 is 11.6 Å². The Kier molecular flexibility index (Phi) is 6.52. The summed E-state index contributed by atoms with van der Waals surface area (Å²) in [5.41, 5.74) is 0.990. The van der Waals surface area contributed by atoms with Crippen molar-refractivity contribution < 1.29 is 34.1 Å². The van der Waals surface area contributed by atoms with E-state index in [2.05, 4.69) is 5.32 Å². The quantitative estimate of drug-likeness (QED) is 0.350. The van der Waals surface area contributed by atoms with Crippen molar-refractivity contribution in [3.63, 3.8) is 0 Å². The lowest BCUT2D eigenvalue weighted by atomic mass is 10.1. The third-order valence-electron chi connectivity index (χ3n) is 5.08. The van der Waals surface area contributed by atoms with Crippen LogP contribution in [0.1, 0.15) is 21.5 Å². The van der Waals surface area contributed by atoms with E-state index in [0.717, 1.165) is 4.90 Å². The summed E-state index contributed by atoms with van der Waals surface area (Å²) < 4.78 is 5.83. The van der Waals surface area contributed by atoms with Gasteiger partial charge in [-0.05, 0) is 66.2 Å². The number of halogens is 1. The second kappa shape index (κ2) is 9.70. The minimum atomic E-state index is -1.04. The zero-order valence-corrected chi connectivity index (χ0v) is 18.7. The van der Waals surface area contributed by atoms with Crippen LogP contribution in [0.5, 0.6) is 11.5 Å². The van der Waals surface area contributed by atoms with E-state index in [1.165, 1.54) is 48.5 Å². The summed E-state index contributed by atoms with van der Waals surface area (Å²) in [4.78, 5) is 49.7. The number of rotatable bonds is 6. The predicted octanol–water partition coefficient (Wildman–Crippen LogP) is 3.99. The Bertz CT molecular complexity index is 1370. The number of hydrogen-bond donors (Lipinski definition) is 3. The van der Waals surface area contributed by atoms with E-state index in [9.17, 15) is 24.3 Å². The van der Waals surface area contributed by atoms with Gasteiger partial charge >= 0.3 is 12.0 Å². The summed E-state index contributed by atoms with van der Waals surface area (Å²) in [7, 11) is 0. The van der Waals surface area contributed by atoms with Gasteiger partial charge in [-0.3, -0.25) is 14.9 Å². The lowest BCUT2D eigenvalue weighted by molar-refractivity contribution is -0.122. The van der Waals surface area contributed by atoms with Crippen LogP contribution in [0.15, 0.2) is 72.3 Å². The zero-order valence-electron chi connectivity index (χ0n) is 17.9. The van der Waals surface area contributed by atoms with E-state index < -0.39 is 23.8 Å². The number of imide groups is 2. The van der Waals surface area contributed by atoms with Crippen molar-refractivity contribution >= 4 is 47.2 Å². The molecule has 10 heteroatoms. The zero-order chi connectivity index (χ0) is 25.1. The summed E-state index contributed by atoms with van der Waals surface area (Å²) in [5.74, 6) is -2.54. The molecule has 1 heterocycles. The fraction of sp³-hybridized carbons (Fsp3) is 0.0400. The minimum absolute atomic E-state index is 0.0521. The number of aromatic carboxylic acids is 1. The number of ether oxygens (including phenoxy) is 1. The SMILES string of the molecule is O=C1NC(=O)N(c2ccc(O)cc2)C(=O)/C1=C/c1cc(Cl)ccc1OCc1ccc(C(=O)O)cc1. The molecule has 4 rings (SSSR count). The number of carbonyl (C=O) groups excluding carboxylic acids is 3. The number of hydrogen-bond acceptors (Lipinski definition) is 6. The molecule has 3 aromatic carbocycles. The molecule has 1 aliphatic rings. The first-order valence-electron chi connectivity index (χ1n) is 10.2. The molecule has 4 amide bonds. The lowest BCUT2D eigenvalue weighted by Gasteiger charge is -2.26. The number of amides is 4. The number of carbonyl (C=O) groups is 4. The van der Waals surface area contributed by atoms with Crippen molar-refractivity contribution in [2.45, 2.75) is 6.61 Å². The molecule has 35 heavy (non-hydrogen) atoms. The highest BCUT2D eigenvalue weighted by atomic mass is 35.5. The Morgan fingerprint density at radius 2 is 1.69 bits per heavy atom. The van der Waals surface area contributed by atoms with Crippen LogP contribution in [-0.2, 0) is 16.2 Å². The van der Waals surface area contributed by atoms with E-state index >= 15 is 0 Å². The Balaban J connectivity index is 1.63. The Morgan fingerprint density at radius 1 is 1.00 bits per heavy atom. The van der Waals surface area contributed by atoms with Gasteiger partial charge in [-0.25, -0.2) is 14.5 Å². The van der Waals surface area contributed by atoms with E-state index in [1.54, 1.807) is 24.3 Å². The number of nitrogens with one attached hydrogen (secondary N) is 1. The van der Waals surface area contributed by atoms with Crippen LogP contribution in [0, 0.1) is 0 Å². The number of phenols is 1. The summed E-state index contributed by atoms with van der Waals surface area (Å²) in [6, 6.07) is 15.2. The summed E-state index contributed by atoms with van der Waals surface area (Å²) >= 11 is 6.12. The Morgan fingerprint density at radius 3 is 2.34 bits per heavy atom. The van der Waals surface area contributed by atoms with Gasteiger partial charge in [0.1, 0.15) is 23.7 Å². The molecule has 0 aromatic heterocycles. The largest absolute Gasteiger partial charge is 0.508 e. The van der Waals surface area contributed by atoms with E-state index in [4.69, 9.17) is 21.4 Å². The number of benzene rings is 3. The molecular formula is C25H17ClN2O7. The molecule has 0 aliphatic carbocycles. The van der Waals surface area contributed by atoms with Crippen molar-refractivity contribution in [1.82, 2.24) is 5.32 Å². The predicted molar refractivity (Wildman–Crippen MR) is 126 cm³/mol. The second-order valence-electron chi connectivity index (χ2n) is 7.45. The molecule has 0 unspecified atom stereocenters. The summed E-state index contributed by atoms with van der Waals surface area (Å²) in [6.45, 7) is 0.0793. The maximum absolute atomic E-state index is 13.1. The van der Waals surface area contributed by atoms with Crippen molar-refractivity contribution in [1.29, 1.82) is 0 Å². The molecular weight excluding hydrogens is 476 g/mol. The van der Waals surface area contributed by atoms with E-state index in [0.29, 0.717) is 21.9 Å². The first-order chi connectivity index (χ1) is 16.7. The highest BCUT2D eigenvalue weighted by Gasteiger charge is 2.37. The van der Waals surface area contributed by atoms with Crippen molar-refractivity contribution in [3.05, 3.63) is 94.0 Å². The molecule has 0 atom stereocenters. The highest BCUT2D eigenvalue weighted by Crippen LogP contribution is 2.29. The van der Waals surface area contributed by atoms with Crippen LogP contribution in [0.3, 0.4) is 0 Å². The number of anilines is 1. The normalized spacial score (nSPS) is 14.7. The van der Waals surface area contributed by atoms with Gasteiger partial charge in [0.25, 0.3) is 11.8 Å². The molecule has 0 saturated carbocycles. The molecule has 9 nitrogen and oxygen atoms in total. The van der Waals surface area contributed by atoms with Gasteiger partial charge in [0, 0.05) is 10.6 Å². The first kappa shape index (κ1) is 23.5. The molecule has 0 bridgehead atoms. The fourth-order valence-electron chi connectivity index (χ4n) is 3.32. The van der Waals surface area contributed by atoms with Gasteiger partial charge in [0.15, 0.2) is 0 Å². The number of phenolic OH excluding ortho intramolecular Hbond substituents is 1. The molecule has 1 aliphatic heterocycles. The van der Waals surface area contributed by atoms with Gasteiger partial charge in [-0.15, -0.1) is 0 Å². The van der Waals surface area contributed by atoms with Crippen molar-refractivity contribution in [2.75, 3.05) is 4.90 Å². The van der Waals surface area contributed by atoms with E-state index in [-0.39, 0.29) is 29.2 Å². The first-order valence-corrected chi connectivity index (χ1v) is 10.6. The van der Waals surface area contributed by atoms with Crippen LogP contribution in [-0.4, -0.2) is 34.0 Å². The molecule has 0 spiro atoms. The van der Waals surface area contributed by atoms with E-state index in [1.807, 2.05) is 0 Å². The maximum Gasteiger partial charge on any atom is 0.335 e. The van der Waals surface area contributed by atoms with Gasteiger partial charge in [-0.2, -0.15) is 0 Å². The summed E-state index contributed by atoms with van der Waals surface area (Å²) in [5, 5.41) is 20.9. The molecule has 0 radical (unpaired) electrons. The second-order valence-corrected chi connectivity index (χ2v) is 7.88. The Labute approximate surface area is 203 Å². The minimum Gasteiger partial charge on any atom is -0.508 e. The molecule has 3 aromatic rings. The number of urea groups is 1. The standard InChI is InChI=1S/C25H17ClN2O7/c26-17-5-10-21(35-13-14-1-3-15(4-2-14)24(32)33)16(11-17)12-20-22(30)27-25(34)28(23(20)31)18-6-8-19(29)9-7-18/h1-12,29H,13H2,(H,32,33)(H,27,30,34)/b20-12+. The molecule has 1 fully saturated rings. The van der Waals surface area contributed by atoms with Crippen LogP contribution in [0.2, 0.25) is 5.02 Å². The third kappa shape index (κ3) is 5.15. The number of carboxylic acid groups (broad SMARTS) is 1. The number of nitrogens with zero attached hydrogens (tertiary/aromatic N) is 1. The van der Waals surface area contributed by atoms with Crippen LogP contribution < -0.4 is 15.0 Å². The fourth-order valence-corrected chi connectivity index (χ4v) is 3.50. The number of barbiturate groups is 1. The molecule has 1 saturated heterocycles. The molecule has 176 valence electrons. The number of aromatic hydroxyl groups is 1. The van der Waals surface area contributed by atoms with Gasteiger partial charge in [-0.1, -0.05) is 23.7 Å². The highest BCUT2D eigenvalue weighted by molar-refractivity contribution is 6.39. The Hall–Kier alpha value is -4.63. The topological polar surface area (TPSA) is 133 Å². The van der Waals surface area contributed by atoms with Crippen molar-refractivity contribution in [2.24, 2.45) is 0 Å². The van der Waals surface area contributed by atoms with Gasteiger partial charge in [0.2, 0.25) is 0 Å². The molecule has 3 N–H and O–H groups in total. The van der Waals surface area contributed by atoms with Gasteiger partial charge < -0.3 is 14.9 Å².